The van der Waals surface area contributed by atoms with Crippen LogP contribution in [0, 0.1) is 29.1 Å². The van der Waals surface area contributed by atoms with Crippen molar-refractivity contribution in [2.24, 2.45) is 0 Å². The Bertz CT molecular complexity index is 1000. The minimum Gasteiger partial charge on any atom is -0.460 e. The fourth-order valence-electron chi connectivity index (χ4n) is 2.64. The van der Waals surface area contributed by atoms with Crippen molar-refractivity contribution in [3.63, 3.8) is 0 Å². The lowest BCUT2D eigenvalue weighted by molar-refractivity contribution is -0.152. The SMILES string of the molecule is O=C(OCc1ccccc1)[C@H]1CCN1S(=O)(=O)c1c(F)c(F)c(F)c(F)c1F. The summed E-state index contributed by atoms with van der Waals surface area (Å²) >= 11 is 0. The highest BCUT2D eigenvalue weighted by atomic mass is 32.2. The molecule has 150 valence electrons. The van der Waals surface area contributed by atoms with E-state index in [-0.39, 0.29) is 19.6 Å². The van der Waals surface area contributed by atoms with E-state index >= 15 is 0 Å². The third-order valence-corrected chi connectivity index (χ3v) is 6.13. The van der Waals surface area contributed by atoms with Crippen molar-refractivity contribution >= 4 is 16.0 Å². The van der Waals surface area contributed by atoms with E-state index in [0.717, 1.165) is 0 Å². The monoisotopic (exact) mass is 421 g/mol. The number of esters is 1. The van der Waals surface area contributed by atoms with Gasteiger partial charge < -0.3 is 4.74 Å². The van der Waals surface area contributed by atoms with Crippen LogP contribution in [-0.4, -0.2) is 31.3 Å². The topological polar surface area (TPSA) is 63.7 Å². The number of benzene rings is 2. The minimum atomic E-state index is -5.17. The summed E-state index contributed by atoms with van der Waals surface area (Å²) in [6, 6.07) is 6.98. The van der Waals surface area contributed by atoms with E-state index in [4.69, 9.17) is 4.74 Å². The van der Waals surface area contributed by atoms with E-state index in [9.17, 15) is 35.2 Å². The van der Waals surface area contributed by atoms with Crippen molar-refractivity contribution in [3.8, 4) is 0 Å². The number of hydrogen-bond donors (Lipinski definition) is 0. The van der Waals surface area contributed by atoms with Crippen molar-refractivity contribution in [1.29, 1.82) is 0 Å². The molecule has 0 unspecified atom stereocenters. The Morgan fingerprint density at radius 2 is 1.50 bits per heavy atom. The van der Waals surface area contributed by atoms with Crippen LogP contribution in [0.5, 0.6) is 0 Å². The molecule has 0 aliphatic carbocycles. The van der Waals surface area contributed by atoms with E-state index in [1.165, 1.54) is 0 Å². The fourth-order valence-corrected chi connectivity index (χ4v) is 4.38. The van der Waals surface area contributed by atoms with E-state index in [1.54, 1.807) is 30.3 Å². The molecule has 1 fully saturated rings. The van der Waals surface area contributed by atoms with Gasteiger partial charge in [0.15, 0.2) is 28.2 Å². The summed E-state index contributed by atoms with van der Waals surface area (Å²) in [5.41, 5.74) is 0.615. The van der Waals surface area contributed by atoms with Gasteiger partial charge in [0, 0.05) is 6.54 Å². The number of rotatable bonds is 5. The number of hydrogen-bond acceptors (Lipinski definition) is 4. The lowest BCUT2D eigenvalue weighted by Crippen LogP contribution is -2.55. The number of sulfonamides is 1. The van der Waals surface area contributed by atoms with Gasteiger partial charge in [0.1, 0.15) is 12.6 Å². The van der Waals surface area contributed by atoms with Crippen LogP contribution < -0.4 is 0 Å². The summed E-state index contributed by atoms with van der Waals surface area (Å²) in [6.07, 6.45) is -0.0255. The maximum Gasteiger partial charge on any atom is 0.324 e. The molecule has 1 aliphatic heterocycles. The minimum absolute atomic E-state index is 0.0255. The maximum atomic E-state index is 13.9. The van der Waals surface area contributed by atoms with Gasteiger partial charge in [-0.15, -0.1) is 0 Å². The number of carbonyl (C=O) groups is 1. The molecule has 11 heteroatoms. The average Bonchev–Trinajstić information content (AvgIpc) is 2.62. The van der Waals surface area contributed by atoms with Gasteiger partial charge in [0.2, 0.25) is 15.8 Å². The number of ether oxygens (including phenoxy) is 1. The molecular formula is C17H12F5NO4S. The van der Waals surface area contributed by atoms with Crippen LogP contribution in [-0.2, 0) is 26.2 Å². The van der Waals surface area contributed by atoms with Gasteiger partial charge in [-0.1, -0.05) is 30.3 Å². The zero-order chi connectivity index (χ0) is 20.6. The summed E-state index contributed by atoms with van der Waals surface area (Å²) in [5, 5.41) is 0. The van der Waals surface area contributed by atoms with Crippen molar-refractivity contribution in [2.45, 2.75) is 24.0 Å². The standard InChI is InChI=1S/C17H12F5NO4S/c18-11-12(19)14(21)16(15(22)13(11)20)28(25,26)23-7-6-10(23)17(24)27-8-9-4-2-1-3-5-9/h1-5,10H,6-8H2/t10-/m1/s1. The molecule has 0 bridgehead atoms. The van der Waals surface area contributed by atoms with Gasteiger partial charge in [-0.25, -0.2) is 30.4 Å². The van der Waals surface area contributed by atoms with Gasteiger partial charge in [-0.3, -0.25) is 4.79 Å². The largest absolute Gasteiger partial charge is 0.460 e. The summed E-state index contributed by atoms with van der Waals surface area (Å²) in [5.74, 6) is -13.2. The molecule has 0 spiro atoms. The van der Waals surface area contributed by atoms with E-state index in [1.807, 2.05) is 0 Å². The van der Waals surface area contributed by atoms with Crippen LogP contribution >= 0.6 is 0 Å². The van der Waals surface area contributed by atoms with Crippen molar-refractivity contribution in [1.82, 2.24) is 4.31 Å². The predicted molar refractivity (Wildman–Crippen MR) is 84.8 cm³/mol. The molecule has 28 heavy (non-hydrogen) atoms. The molecule has 1 saturated heterocycles. The van der Waals surface area contributed by atoms with Crippen molar-refractivity contribution in [3.05, 3.63) is 65.0 Å². The Labute approximate surface area is 156 Å². The smallest absolute Gasteiger partial charge is 0.324 e. The third-order valence-electron chi connectivity index (χ3n) is 4.20. The summed E-state index contributed by atoms with van der Waals surface area (Å²) in [7, 11) is -5.17. The lowest BCUT2D eigenvalue weighted by atomic mass is 10.1. The molecule has 0 radical (unpaired) electrons. The fraction of sp³-hybridized carbons (Fsp3) is 0.235. The number of halogens is 5. The second-order valence-electron chi connectivity index (χ2n) is 5.91. The van der Waals surface area contributed by atoms with Crippen molar-refractivity contribution < 1.29 is 39.9 Å². The van der Waals surface area contributed by atoms with Crippen LogP contribution in [0.1, 0.15) is 12.0 Å². The first-order valence-corrected chi connectivity index (χ1v) is 9.34. The molecule has 0 saturated carbocycles. The number of nitrogens with zero attached hydrogens (tertiary/aromatic N) is 1. The summed E-state index contributed by atoms with van der Waals surface area (Å²) in [4.78, 5) is 10.1. The Hall–Kier alpha value is -2.53. The zero-order valence-electron chi connectivity index (χ0n) is 14.0. The van der Waals surface area contributed by atoms with Gasteiger partial charge in [-0.05, 0) is 12.0 Å². The summed E-state index contributed by atoms with van der Waals surface area (Å²) in [6.45, 7) is -0.514. The maximum absolute atomic E-state index is 13.9. The highest BCUT2D eigenvalue weighted by Gasteiger charge is 2.47. The van der Waals surface area contributed by atoms with E-state index in [2.05, 4.69) is 0 Å². The highest BCUT2D eigenvalue weighted by molar-refractivity contribution is 7.89. The van der Waals surface area contributed by atoms with Crippen LogP contribution in [0.25, 0.3) is 0 Å². The Morgan fingerprint density at radius 3 is 2.00 bits per heavy atom. The van der Waals surface area contributed by atoms with E-state index < -0.39 is 56.0 Å². The second kappa shape index (κ2) is 7.47. The van der Waals surface area contributed by atoms with E-state index in [0.29, 0.717) is 9.87 Å². The van der Waals surface area contributed by atoms with Gasteiger partial charge in [0.05, 0.1) is 0 Å². The second-order valence-corrected chi connectivity index (χ2v) is 7.74. The molecular weight excluding hydrogens is 409 g/mol. The lowest BCUT2D eigenvalue weighted by Gasteiger charge is -2.37. The molecule has 0 N–H and O–H groups in total. The summed E-state index contributed by atoms with van der Waals surface area (Å²) < 4.78 is 97.8. The molecule has 0 amide bonds. The zero-order valence-corrected chi connectivity index (χ0v) is 14.8. The van der Waals surface area contributed by atoms with Crippen LogP contribution in [0.3, 0.4) is 0 Å². The molecule has 1 atom stereocenters. The Morgan fingerprint density at radius 1 is 0.964 bits per heavy atom. The molecule has 1 aliphatic rings. The third kappa shape index (κ3) is 3.35. The molecule has 5 nitrogen and oxygen atoms in total. The molecule has 1 heterocycles. The average molecular weight is 421 g/mol. The van der Waals surface area contributed by atoms with Gasteiger partial charge >= 0.3 is 5.97 Å². The normalized spacial score (nSPS) is 17.2. The molecule has 3 rings (SSSR count). The molecule has 0 aromatic heterocycles. The predicted octanol–water partition coefficient (Wildman–Crippen LogP) is 2.89. The first-order valence-electron chi connectivity index (χ1n) is 7.90. The number of carbonyl (C=O) groups excluding carboxylic acids is 1. The van der Waals surface area contributed by atoms with Gasteiger partial charge in [-0.2, -0.15) is 4.31 Å². The first-order chi connectivity index (χ1) is 13.2. The Kier molecular flexibility index (Phi) is 5.39. The first kappa shape index (κ1) is 20.2. The van der Waals surface area contributed by atoms with Crippen LogP contribution in [0.2, 0.25) is 0 Å². The highest BCUT2D eigenvalue weighted by Crippen LogP contribution is 2.33. The molecule has 2 aromatic rings. The quantitative estimate of drug-likeness (QED) is 0.322. The van der Waals surface area contributed by atoms with Crippen LogP contribution in [0.4, 0.5) is 22.0 Å². The van der Waals surface area contributed by atoms with Crippen molar-refractivity contribution in [2.75, 3.05) is 6.54 Å². The van der Waals surface area contributed by atoms with Gasteiger partial charge in [0.25, 0.3) is 0 Å². The van der Waals surface area contributed by atoms with Crippen LogP contribution in [0.15, 0.2) is 35.2 Å². The Balaban J connectivity index is 1.84. The molecule has 2 aromatic carbocycles.